The summed E-state index contributed by atoms with van der Waals surface area (Å²) in [7, 11) is 2.06. The molecule has 1 heterocycles. The van der Waals surface area contributed by atoms with E-state index >= 15 is 0 Å². The average molecular weight is 509 g/mol. The molecule has 6 heteroatoms. The molecule has 5 nitrogen and oxygen atoms in total. The van der Waals surface area contributed by atoms with Gasteiger partial charge in [0.05, 0.1) is 6.61 Å². The SMILES string of the molecule is CCOC(=O)c1c(-c2ccc(F)cc2)oc2cc(NCCN(C)c3ccccc3)c(-c3ccccc3)cc12. The second-order valence-corrected chi connectivity index (χ2v) is 8.98. The quantitative estimate of drug-likeness (QED) is 0.208. The summed E-state index contributed by atoms with van der Waals surface area (Å²) in [5.41, 5.74) is 5.46. The van der Waals surface area contributed by atoms with Gasteiger partial charge in [-0.05, 0) is 55.0 Å². The lowest BCUT2D eigenvalue weighted by molar-refractivity contribution is 0.0528. The highest BCUT2D eigenvalue weighted by Crippen LogP contribution is 2.40. The van der Waals surface area contributed by atoms with Crippen LogP contribution < -0.4 is 10.2 Å². The first-order valence-corrected chi connectivity index (χ1v) is 12.6. The van der Waals surface area contributed by atoms with Gasteiger partial charge in [0.15, 0.2) is 0 Å². The molecule has 0 saturated heterocycles. The molecule has 5 aromatic rings. The first kappa shape index (κ1) is 25.1. The highest BCUT2D eigenvalue weighted by Gasteiger charge is 2.25. The lowest BCUT2D eigenvalue weighted by Gasteiger charge is -2.20. The Kier molecular flexibility index (Phi) is 7.40. The first-order chi connectivity index (χ1) is 18.5. The van der Waals surface area contributed by atoms with Gasteiger partial charge in [-0.3, -0.25) is 0 Å². The molecule has 0 bridgehead atoms. The fourth-order valence-corrected chi connectivity index (χ4v) is 4.53. The first-order valence-electron chi connectivity index (χ1n) is 12.6. The van der Waals surface area contributed by atoms with E-state index in [4.69, 9.17) is 9.15 Å². The maximum absolute atomic E-state index is 13.6. The van der Waals surface area contributed by atoms with Crippen LogP contribution in [0.25, 0.3) is 33.4 Å². The summed E-state index contributed by atoms with van der Waals surface area (Å²) < 4.78 is 25.3. The van der Waals surface area contributed by atoms with Crippen molar-refractivity contribution < 1.29 is 18.3 Å². The number of carbonyl (C=O) groups excluding carboxylic acids is 1. The van der Waals surface area contributed by atoms with Crippen molar-refractivity contribution >= 4 is 28.3 Å². The van der Waals surface area contributed by atoms with E-state index in [0.29, 0.717) is 34.4 Å². The van der Waals surface area contributed by atoms with Gasteiger partial charge in [0.1, 0.15) is 22.7 Å². The number of carbonyl (C=O) groups is 1. The number of hydrogen-bond acceptors (Lipinski definition) is 5. The molecule has 0 atom stereocenters. The molecule has 0 fully saturated rings. The van der Waals surface area contributed by atoms with Gasteiger partial charge in [-0.25, -0.2) is 9.18 Å². The molecule has 0 spiro atoms. The minimum Gasteiger partial charge on any atom is -0.462 e. The van der Waals surface area contributed by atoms with E-state index in [1.807, 2.05) is 60.7 Å². The van der Waals surface area contributed by atoms with Crippen molar-refractivity contribution in [3.63, 3.8) is 0 Å². The van der Waals surface area contributed by atoms with Gasteiger partial charge in [0.2, 0.25) is 0 Å². The predicted molar refractivity (Wildman–Crippen MR) is 151 cm³/mol. The van der Waals surface area contributed by atoms with E-state index in [2.05, 4.69) is 29.4 Å². The summed E-state index contributed by atoms with van der Waals surface area (Å²) >= 11 is 0. The molecule has 0 saturated carbocycles. The van der Waals surface area contributed by atoms with Crippen LogP contribution in [0.4, 0.5) is 15.8 Å². The predicted octanol–water partition coefficient (Wildman–Crippen LogP) is 7.63. The standard InChI is InChI=1S/C32H29FN2O3/c1-3-37-32(36)30-27-20-26(22-10-6-4-7-11-22)28(34-18-19-35(2)25-12-8-5-9-13-25)21-29(27)38-31(30)23-14-16-24(33)17-15-23/h4-17,20-21,34H,3,18-19H2,1-2H3. The Morgan fingerprint density at radius 1 is 0.921 bits per heavy atom. The maximum atomic E-state index is 13.6. The Labute approximate surface area is 221 Å². The molecule has 0 aliphatic carbocycles. The van der Waals surface area contributed by atoms with Crippen LogP contribution in [-0.2, 0) is 4.74 Å². The number of esters is 1. The number of fused-ring (bicyclic) bond motifs is 1. The molecule has 1 aromatic heterocycles. The number of halogens is 1. The van der Waals surface area contributed by atoms with Crippen LogP contribution in [0.2, 0.25) is 0 Å². The second kappa shape index (κ2) is 11.2. The van der Waals surface area contributed by atoms with Gasteiger partial charge < -0.3 is 19.4 Å². The number of hydrogen-bond donors (Lipinski definition) is 1. The van der Waals surface area contributed by atoms with Crippen molar-refractivity contribution in [1.82, 2.24) is 0 Å². The van der Waals surface area contributed by atoms with E-state index in [9.17, 15) is 9.18 Å². The van der Waals surface area contributed by atoms with Crippen molar-refractivity contribution in [2.75, 3.05) is 37.0 Å². The fraction of sp³-hybridized carbons (Fsp3) is 0.156. The third-order valence-electron chi connectivity index (χ3n) is 6.46. The van der Waals surface area contributed by atoms with Crippen LogP contribution in [0.15, 0.2) is 101 Å². The Morgan fingerprint density at radius 2 is 1.61 bits per heavy atom. The molecule has 0 radical (unpaired) electrons. The van der Waals surface area contributed by atoms with Crippen molar-refractivity contribution in [2.24, 2.45) is 0 Å². The molecule has 0 aliphatic heterocycles. The van der Waals surface area contributed by atoms with Gasteiger partial charge in [0.25, 0.3) is 0 Å². The number of furan rings is 1. The number of benzene rings is 4. The van der Waals surface area contributed by atoms with Gasteiger partial charge in [0, 0.05) is 54.1 Å². The number of nitrogens with one attached hydrogen (secondary N) is 1. The highest BCUT2D eigenvalue weighted by atomic mass is 19.1. The number of ether oxygens (including phenoxy) is 1. The van der Waals surface area contributed by atoms with E-state index in [1.54, 1.807) is 19.1 Å². The Morgan fingerprint density at radius 3 is 2.29 bits per heavy atom. The average Bonchev–Trinajstić information content (AvgIpc) is 3.32. The van der Waals surface area contributed by atoms with Crippen molar-refractivity contribution in [2.45, 2.75) is 6.92 Å². The third kappa shape index (κ3) is 5.25. The van der Waals surface area contributed by atoms with Gasteiger partial charge >= 0.3 is 5.97 Å². The number of anilines is 2. The molecule has 0 unspecified atom stereocenters. The minimum atomic E-state index is -0.477. The zero-order valence-corrected chi connectivity index (χ0v) is 21.4. The van der Waals surface area contributed by atoms with Crippen molar-refractivity contribution in [1.29, 1.82) is 0 Å². The zero-order chi connectivity index (χ0) is 26.5. The van der Waals surface area contributed by atoms with Crippen LogP contribution in [0, 0.1) is 5.82 Å². The molecule has 4 aromatic carbocycles. The van der Waals surface area contributed by atoms with Crippen molar-refractivity contribution in [3.05, 3.63) is 108 Å². The van der Waals surface area contributed by atoms with Gasteiger partial charge in [-0.15, -0.1) is 0 Å². The molecular weight excluding hydrogens is 479 g/mol. The number of nitrogens with zero attached hydrogens (tertiary/aromatic N) is 1. The van der Waals surface area contributed by atoms with E-state index in [1.165, 1.54) is 12.1 Å². The minimum absolute atomic E-state index is 0.231. The van der Waals surface area contributed by atoms with E-state index in [0.717, 1.165) is 29.0 Å². The summed E-state index contributed by atoms with van der Waals surface area (Å²) in [5.74, 6) is -0.478. The monoisotopic (exact) mass is 508 g/mol. The summed E-state index contributed by atoms with van der Waals surface area (Å²) in [4.78, 5) is 15.3. The number of likely N-dealkylation sites (N-methyl/N-ethyl adjacent to an activating group) is 1. The zero-order valence-electron chi connectivity index (χ0n) is 21.4. The van der Waals surface area contributed by atoms with E-state index in [-0.39, 0.29) is 12.4 Å². The summed E-state index contributed by atoms with van der Waals surface area (Å²) in [6, 6.07) is 30.0. The number of para-hydroxylation sites is 1. The van der Waals surface area contributed by atoms with Crippen LogP contribution in [0.3, 0.4) is 0 Å². The molecular formula is C32H29FN2O3. The summed E-state index contributed by atoms with van der Waals surface area (Å²) in [5, 5.41) is 4.21. The number of rotatable bonds is 9. The normalized spacial score (nSPS) is 10.9. The topological polar surface area (TPSA) is 54.7 Å². The lowest BCUT2D eigenvalue weighted by atomic mass is 9.98. The van der Waals surface area contributed by atoms with Crippen molar-refractivity contribution in [3.8, 4) is 22.5 Å². The smallest absolute Gasteiger partial charge is 0.342 e. The Bertz CT molecular complexity index is 1530. The van der Waals surface area contributed by atoms with Crippen LogP contribution >= 0.6 is 0 Å². The Hall–Kier alpha value is -4.58. The fourth-order valence-electron chi connectivity index (χ4n) is 4.53. The van der Waals surface area contributed by atoms with Gasteiger partial charge in [-0.1, -0.05) is 48.5 Å². The largest absolute Gasteiger partial charge is 0.462 e. The van der Waals surface area contributed by atoms with Gasteiger partial charge in [-0.2, -0.15) is 0 Å². The molecule has 192 valence electrons. The lowest BCUT2D eigenvalue weighted by Crippen LogP contribution is -2.24. The van der Waals surface area contributed by atoms with Crippen LogP contribution in [0.1, 0.15) is 17.3 Å². The molecule has 0 aliphatic rings. The maximum Gasteiger partial charge on any atom is 0.342 e. The third-order valence-corrected chi connectivity index (χ3v) is 6.46. The van der Waals surface area contributed by atoms with Crippen LogP contribution in [-0.4, -0.2) is 32.7 Å². The second-order valence-electron chi connectivity index (χ2n) is 8.98. The molecule has 5 rings (SSSR count). The Balaban J connectivity index is 1.57. The summed E-state index contributed by atoms with van der Waals surface area (Å²) in [6.45, 7) is 3.46. The molecule has 0 amide bonds. The van der Waals surface area contributed by atoms with Crippen LogP contribution in [0.5, 0.6) is 0 Å². The molecule has 1 N–H and O–H groups in total. The van der Waals surface area contributed by atoms with E-state index < -0.39 is 5.97 Å². The highest BCUT2D eigenvalue weighted by molar-refractivity contribution is 6.10. The summed E-state index contributed by atoms with van der Waals surface area (Å²) in [6.07, 6.45) is 0. The molecule has 38 heavy (non-hydrogen) atoms.